The molecule has 26 heavy (non-hydrogen) atoms. The average Bonchev–Trinajstić information content (AvgIpc) is 3.34. The van der Waals surface area contributed by atoms with E-state index in [9.17, 15) is 0 Å². The minimum Gasteiger partial charge on any atom is -0.0856 e. The molecule has 0 fully saturated rings. The Bertz CT molecular complexity index is 1030. The summed E-state index contributed by atoms with van der Waals surface area (Å²) in [5.41, 5.74) is 8.55. The fourth-order valence-electron chi connectivity index (χ4n) is 4.47. The van der Waals surface area contributed by atoms with Crippen LogP contribution in [0.25, 0.3) is 11.1 Å². The van der Waals surface area contributed by atoms with Crippen molar-refractivity contribution in [1.82, 2.24) is 0 Å². The molecule has 0 N–H and O–H groups in total. The van der Waals surface area contributed by atoms with E-state index in [-0.39, 0.29) is 0 Å². The van der Waals surface area contributed by atoms with Gasteiger partial charge in [0.2, 0.25) is 0 Å². The first-order chi connectivity index (χ1) is 12.7. The van der Waals surface area contributed by atoms with Gasteiger partial charge >= 0.3 is 0 Å². The SMILES string of the molecule is BrC1=CC2C(=C(C3=C4SC(Br)=CC4c4ccccc43)c3ccccc32)S1. The van der Waals surface area contributed by atoms with Crippen molar-refractivity contribution in [2.24, 2.45) is 0 Å². The first kappa shape index (κ1) is 16.1. The van der Waals surface area contributed by atoms with Crippen molar-refractivity contribution in [1.29, 1.82) is 0 Å². The fourth-order valence-corrected chi connectivity index (χ4v) is 8.14. The number of fused-ring (bicyclic) bond motifs is 6. The summed E-state index contributed by atoms with van der Waals surface area (Å²) in [5, 5.41) is 0. The molecule has 2 atom stereocenters. The lowest BCUT2D eigenvalue weighted by Gasteiger charge is -2.13. The first-order valence-corrected chi connectivity index (χ1v) is 11.7. The minimum absolute atomic E-state index is 0.391. The Kier molecular flexibility index (Phi) is 3.57. The molecule has 0 amide bonds. The van der Waals surface area contributed by atoms with Crippen molar-refractivity contribution >= 4 is 66.5 Å². The average molecular weight is 500 g/mol. The summed E-state index contributed by atoms with van der Waals surface area (Å²) in [5.74, 6) is 0.783. The molecule has 0 radical (unpaired) electrons. The molecule has 0 aromatic heterocycles. The molecule has 0 bridgehead atoms. The highest BCUT2D eigenvalue weighted by Crippen LogP contribution is 2.65. The van der Waals surface area contributed by atoms with Gasteiger partial charge in [0.05, 0.1) is 7.63 Å². The maximum absolute atomic E-state index is 3.73. The number of allylic oxidation sites excluding steroid dienone is 6. The molecule has 4 heteroatoms. The maximum Gasteiger partial charge on any atom is 0.0518 e. The van der Waals surface area contributed by atoms with Crippen LogP contribution < -0.4 is 0 Å². The van der Waals surface area contributed by atoms with Gasteiger partial charge in [0.1, 0.15) is 0 Å². The quantitative estimate of drug-likeness (QED) is 0.390. The van der Waals surface area contributed by atoms with Crippen molar-refractivity contribution in [3.05, 3.63) is 100 Å². The zero-order chi connectivity index (χ0) is 17.4. The number of benzene rings is 2. The van der Waals surface area contributed by atoms with Gasteiger partial charge < -0.3 is 0 Å². The van der Waals surface area contributed by atoms with Gasteiger partial charge in [-0.2, -0.15) is 0 Å². The van der Waals surface area contributed by atoms with Gasteiger partial charge in [0.15, 0.2) is 0 Å². The number of rotatable bonds is 1. The van der Waals surface area contributed by atoms with Crippen LogP contribution in [0, 0.1) is 0 Å². The van der Waals surface area contributed by atoms with Gasteiger partial charge in [0.25, 0.3) is 0 Å². The Hall–Kier alpha value is -0.940. The third-order valence-corrected chi connectivity index (χ3v) is 8.97. The second-order valence-corrected chi connectivity index (χ2v) is 11.7. The van der Waals surface area contributed by atoms with Gasteiger partial charge in [-0.3, -0.25) is 0 Å². The van der Waals surface area contributed by atoms with Gasteiger partial charge in [0, 0.05) is 32.8 Å². The number of hydrogen-bond acceptors (Lipinski definition) is 2. The molecule has 0 spiro atoms. The molecule has 2 aromatic rings. The Morgan fingerprint density at radius 1 is 0.615 bits per heavy atom. The van der Waals surface area contributed by atoms with Crippen LogP contribution in [0.4, 0.5) is 0 Å². The predicted molar refractivity (Wildman–Crippen MR) is 121 cm³/mol. The first-order valence-electron chi connectivity index (χ1n) is 8.50. The highest BCUT2D eigenvalue weighted by Gasteiger charge is 2.42. The van der Waals surface area contributed by atoms with E-state index in [0.29, 0.717) is 11.8 Å². The van der Waals surface area contributed by atoms with Gasteiger partial charge in [-0.05, 0) is 54.1 Å². The van der Waals surface area contributed by atoms with Crippen molar-refractivity contribution in [3.63, 3.8) is 0 Å². The largest absolute Gasteiger partial charge is 0.0856 e. The van der Waals surface area contributed by atoms with E-state index in [1.54, 1.807) is 0 Å². The minimum atomic E-state index is 0.391. The second-order valence-electron chi connectivity index (χ2n) is 6.75. The molecule has 0 saturated carbocycles. The highest BCUT2D eigenvalue weighted by atomic mass is 79.9. The van der Waals surface area contributed by atoms with Crippen molar-refractivity contribution in [2.45, 2.75) is 11.8 Å². The molecule has 6 rings (SSSR count). The van der Waals surface area contributed by atoms with Crippen LogP contribution in [0.15, 0.2) is 78.1 Å². The summed E-state index contributed by atoms with van der Waals surface area (Å²) in [6.07, 6.45) is 4.71. The lowest BCUT2D eigenvalue weighted by atomic mass is 9.94. The molecular weight excluding hydrogens is 488 g/mol. The molecule has 2 aliphatic carbocycles. The molecular formula is C22H12Br2S2. The van der Waals surface area contributed by atoms with E-state index >= 15 is 0 Å². The molecule has 126 valence electrons. The summed E-state index contributed by atoms with van der Waals surface area (Å²) in [4.78, 5) is 2.94. The lowest BCUT2D eigenvalue weighted by Crippen LogP contribution is -1.90. The van der Waals surface area contributed by atoms with Crippen molar-refractivity contribution < 1.29 is 0 Å². The van der Waals surface area contributed by atoms with Crippen LogP contribution in [-0.2, 0) is 0 Å². The van der Waals surface area contributed by atoms with Crippen LogP contribution in [0.1, 0.15) is 34.1 Å². The van der Waals surface area contributed by atoms with E-state index in [2.05, 4.69) is 92.5 Å². The van der Waals surface area contributed by atoms with Gasteiger partial charge in [-0.1, -0.05) is 84.2 Å². The number of hydrogen-bond donors (Lipinski definition) is 0. The Morgan fingerprint density at radius 3 is 1.50 bits per heavy atom. The second kappa shape index (κ2) is 5.78. The Labute approximate surface area is 177 Å². The third-order valence-electron chi connectivity index (χ3n) is 5.45. The molecule has 2 aliphatic heterocycles. The van der Waals surface area contributed by atoms with Crippen molar-refractivity contribution in [3.8, 4) is 0 Å². The maximum atomic E-state index is 3.73. The van der Waals surface area contributed by atoms with Crippen LogP contribution >= 0.6 is 55.4 Å². The van der Waals surface area contributed by atoms with E-state index in [1.165, 1.54) is 50.8 Å². The molecule has 0 nitrogen and oxygen atoms in total. The van der Waals surface area contributed by atoms with Crippen LogP contribution in [0.3, 0.4) is 0 Å². The monoisotopic (exact) mass is 498 g/mol. The van der Waals surface area contributed by atoms with E-state index in [4.69, 9.17) is 0 Å². The standard InChI is InChI=1S/C22H12Br2S2/c23-17-9-15-11-5-1-3-7-13(11)19(21(15)25-17)20-14-8-4-2-6-12(14)16-10-18(24)26-22(16)20/h1-10,15-16H. The molecule has 2 aromatic carbocycles. The third kappa shape index (κ3) is 2.10. The van der Waals surface area contributed by atoms with Crippen LogP contribution in [-0.4, -0.2) is 0 Å². The molecule has 4 aliphatic rings. The normalized spacial score (nSPS) is 25.2. The predicted octanol–water partition coefficient (Wildman–Crippen LogP) is 7.97. The summed E-state index contributed by atoms with van der Waals surface area (Å²) in [7, 11) is 0. The summed E-state index contributed by atoms with van der Waals surface area (Å²) >= 11 is 11.2. The Morgan fingerprint density at radius 2 is 1.04 bits per heavy atom. The fraction of sp³-hybridized carbons (Fsp3) is 0.0909. The van der Waals surface area contributed by atoms with Gasteiger partial charge in [-0.15, -0.1) is 0 Å². The topological polar surface area (TPSA) is 0 Å². The smallest absolute Gasteiger partial charge is 0.0518 e. The van der Waals surface area contributed by atoms with Crippen molar-refractivity contribution in [2.75, 3.05) is 0 Å². The zero-order valence-corrected chi connectivity index (χ0v) is 18.3. The van der Waals surface area contributed by atoms with Crippen LogP contribution in [0.5, 0.6) is 0 Å². The number of thioether (sulfide) groups is 2. The molecule has 2 heterocycles. The molecule has 2 unspecified atom stereocenters. The van der Waals surface area contributed by atoms with E-state index in [1.807, 2.05) is 23.5 Å². The molecule has 0 saturated heterocycles. The lowest BCUT2D eigenvalue weighted by molar-refractivity contribution is 1.11. The number of halogens is 2. The van der Waals surface area contributed by atoms with Crippen LogP contribution in [0.2, 0.25) is 0 Å². The Balaban J connectivity index is 1.66. The van der Waals surface area contributed by atoms with E-state index in [0.717, 1.165) is 0 Å². The van der Waals surface area contributed by atoms with Gasteiger partial charge in [-0.25, -0.2) is 0 Å². The van der Waals surface area contributed by atoms with E-state index < -0.39 is 0 Å². The summed E-state index contributed by atoms with van der Waals surface area (Å²) in [6.45, 7) is 0. The summed E-state index contributed by atoms with van der Waals surface area (Å²) in [6, 6.07) is 17.8. The highest BCUT2D eigenvalue weighted by molar-refractivity contribution is 9.14. The zero-order valence-electron chi connectivity index (χ0n) is 13.5. The summed E-state index contributed by atoms with van der Waals surface area (Å²) < 4.78 is 2.47.